The van der Waals surface area contributed by atoms with Crippen LogP contribution in [0.15, 0.2) is 22.7 Å². The van der Waals surface area contributed by atoms with Gasteiger partial charge in [-0.05, 0) is 32.0 Å². The number of carboxylic acids is 1. The first-order chi connectivity index (χ1) is 7.72. The summed E-state index contributed by atoms with van der Waals surface area (Å²) in [4.78, 5) is 22.5. The molecule has 92 valence electrons. The summed E-state index contributed by atoms with van der Waals surface area (Å²) < 4.78 is 13.5. The van der Waals surface area contributed by atoms with Crippen LogP contribution in [0.2, 0.25) is 0 Å². The van der Waals surface area contributed by atoms with E-state index in [0.29, 0.717) is 4.47 Å². The molecular formula is C11H11BrFNO3. The van der Waals surface area contributed by atoms with E-state index in [-0.39, 0.29) is 5.56 Å². The molecule has 17 heavy (non-hydrogen) atoms. The van der Waals surface area contributed by atoms with Crippen LogP contribution in [-0.2, 0) is 4.79 Å². The van der Waals surface area contributed by atoms with E-state index in [1.807, 2.05) is 0 Å². The molecule has 1 aromatic carbocycles. The Labute approximate surface area is 106 Å². The summed E-state index contributed by atoms with van der Waals surface area (Å²) in [5.41, 5.74) is -1.35. The van der Waals surface area contributed by atoms with E-state index in [9.17, 15) is 14.0 Å². The molecule has 0 spiro atoms. The second-order valence-corrected chi connectivity index (χ2v) is 4.96. The second kappa shape index (κ2) is 4.83. The van der Waals surface area contributed by atoms with E-state index in [1.54, 1.807) is 0 Å². The van der Waals surface area contributed by atoms with Crippen molar-refractivity contribution in [2.75, 3.05) is 0 Å². The van der Waals surface area contributed by atoms with Crippen LogP contribution in [0.25, 0.3) is 0 Å². The minimum atomic E-state index is -1.41. The zero-order valence-electron chi connectivity index (χ0n) is 9.25. The van der Waals surface area contributed by atoms with Crippen LogP contribution >= 0.6 is 15.9 Å². The second-order valence-electron chi connectivity index (χ2n) is 4.04. The van der Waals surface area contributed by atoms with Gasteiger partial charge in [-0.3, -0.25) is 4.79 Å². The van der Waals surface area contributed by atoms with Gasteiger partial charge in [-0.25, -0.2) is 9.18 Å². The van der Waals surface area contributed by atoms with Gasteiger partial charge in [0.1, 0.15) is 11.4 Å². The molecule has 0 bridgehead atoms. The Morgan fingerprint density at radius 3 is 2.41 bits per heavy atom. The molecule has 0 radical (unpaired) electrons. The highest BCUT2D eigenvalue weighted by Gasteiger charge is 2.29. The Kier molecular flexibility index (Phi) is 3.87. The highest BCUT2D eigenvalue weighted by molar-refractivity contribution is 9.10. The fourth-order valence-corrected chi connectivity index (χ4v) is 1.56. The number of carboxylic acid groups (broad SMARTS) is 1. The van der Waals surface area contributed by atoms with Crippen molar-refractivity contribution in [2.24, 2.45) is 0 Å². The van der Waals surface area contributed by atoms with Crippen LogP contribution in [-0.4, -0.2) is 22.5 Å². The summed E-state index contributed by atoms with van der Waals surface area (Å²) in [5.74, 6) is -2.38. The van der Waals surface area contributed by atoms with Gasteiger partial charge in [-0.2, -0.15) is 0 Å². The van der Waals surface area contributed by atoms with E-state index in [1.165, 1.54) is 26.0 Å². The Morgan fingerprint density at radius 2 is 1.94 bits per heavy atom. The maximum absolute atomic E-state index is 13.1. The van der Waals surface area contributed by atoms with Gasteiger partial charge >= 0.3 is 5.97 Å². The lowest BCUT2D eigenvalue weighted by atomic mass is 10.1. The molecule has 4 nitrogen and oxygen atoms in total. The molecule has 0 saturated heterocycles. The van der Waals surface area contributed by atoms with E-state index < -0.39 is 23.2 Å². The Morgan fingerprint density at radius 1 is 1.35 bits per heavy atom. The number of aliphatic carboxylic acids is 1. The Bertz CT molecular complexity index is 454. The van der Waals surface area contributed by atoms with Crippen LogP contribution in [0.1, 0.15) is 24.2 Å². The molecule has 0 unspecified atom stereocenters. The molecule has 0 aromatic heterocycles. The first-order valence-corrected chi connectivity index (χ1v) is 5.53. The van der Waals surface area contributed by atoms with Gasteiger partial charge in [0.05, 0.1) is 0 Å². The van der Waals surface area contributed by atoms with Gasteiger partial charge in [0, 0.05) is 10.0 Å². The zero-order valence-corrected chi connectivity index (χ0v) is 10.8. The van der Waals surface area contributed by atoms with Crippen LogP contribution < -0.4 is 5.32 Å². The highest BCUT2D eigenvalue weighted by atomic mass is 79.9. The lowest BCUT2D eigenvalue weighted by Gasteiger charge is -2.21. The van der Waals surface area contributed by atoms with Gasteiger partial charge < -0.3 is 10.4 Å². The fraction of sp³-hybridized carbons (Fsp3) is 0.273. The predicted molar refractivity (Wildman–Crippen MR) is 63.3 cm³/mol. The van der Waals surface area contributed by atoms with Crippen molar-refractivity contribution in [1.29, 1.82) is 0 Å². The molecule has 0 aliphatic rings. The highest BCUT2D eigenvalue weighted by Crippen LogP contribution is 2.15. The first-order valence-electron chi connectivity index (χ1n) is 4.74. The third kappa shape index (κ3) is 3.52. The van der Waals surface area contributed by atoms with E-state index in [0.717, 1.165) is 6.07 Å². The van der Waals surface area contributed by atoms with Crippen LogP contribution in [0.4, 0.5) is 4.39 Å². The normalized spacial score (nSPS) is 11.1. The zero-order chi connectivity index (χ0) is 13.2. The molecule has 0 aliphatic carbocycles. The standard InChI is InChI=1S/C11H11BrFNO3/c1-11(2,10(16)17)14-9(15)6-3-7(12)5-8(13)4-6/h3-5H,1-2H3,(H,14,15)(H,16,17). The van der Waals surface area contributed by atoms with Crippen molar-refractivity contribution in [3.05, 3.63) is 34.1 Å². The Balaban J connectivity index is 2.94. The average molecular weight is 304 g/mol. The molecule has 2 N–H and O–H groups in total. The molecule has 6 heteroatoms. The quantitative estimate of drug-likeness (QED) is 0.899. The molecule has 1 aromatic rings. The smallest absolute Gasteiger partial charge is 0.328 e. The summed E-state index contributed by atoms with van der Waals surface area (Å²) in [6.07, 6.45) is 0. The van der Waals surface area contributed by atoms with E-state index in [2.05, 4.69) is 21.2 Å². The SMILES string of the molecule is CC(C)(NC(=O)c1cc(F)cc(Br)c1)C(=O)O. The monoisotopic (exact) mass is 303 g/mol. The van der Waals surface area contributed by atoms with Crippen molar-refractivity contribution < 1.29 is 19.1 Å². The lowest BCUT2D eigenvalue weighted by Crippen LogP contribution is -2.49. The lowest BCUT2D eigenvalue weighted by molar-refractivity contribution is -0.143. The minimum Gasteiger partial charge on any atom is -0.480 e. The third-order valence-corrected chi connectivity index (χ3v) is 2.54. The van der Waals surface area contributed by atoms with Gasteiger partial charge in [-0.15, -0.1) is 0 Å². The predicted octanol–water partition coefficient (Wildman–Crippen LogP) is 2.18. The number of benzene rings is 1. The van der Waals surface area contributed by atoms with Crippen molar-refractivity contribution in [2.45, 2.75) is 19.4 Å². The van der Waals surface area contributed by atoms with Gasteiger partial charge in [-0.1, -0.05) is 15.9 Å². The number of nitrogens with one attached hydrogen (secondary N) is 1. The van der Waals surface area contributed by atoms with Crippen molar-refractivity contribution in [3.8, 4) is 0 Å². The number of halogens is 2. The molecule has 0 heterocycles. The fourth-order valence-electron chi connectivity index (χ4n) is 1.09. The Hall–Kier alpha value is -1.43. The summed E-state index contributed by atoms with van der Waals surface area (Å²) in [5, 5.41) is 11.1. The number of amides is 1. The molecule has 0 aliphatic heterocycles. The van der Waals surface area contributed by atoms with Gasteiger partial charge in [0.15, 0.2) is 0 Å². The number of carbonyl (C=O) groups is 2. The number of hydrogen-bond acceptors (Lipinski definition) is 2. The first kappa shape index (κ1) is 13.6. The molecule has 1 amide bonds. The number of hydrogen-bond donors (Lipinski definition) is 2. The van der Waals surface area contributed by atoms with E-state index in [4.69, 9.17) is 5.11 Å². The van der Waals surface area contributed by atoms with Gasteiger partial charge in [0.25, 0.3) is 5.91 Å². The van der Waals surface area contributed by atoms with Gasteiger partial charge in [0.2, 0.25) is 0 Å². The summed E-state index contributed by atoms with van der Waals surface area (Å²) >= 11 is 3.05. The summed E-state index contributed by atoms with van der Waals surface area (Å²) in [7, 11) is 0. The number of carbonyl (C=O) groups excluding carboxylic acids is 1. The van der Waals surface area contributed by atoms with Crippen molar-refractivity contribution in [3.63, 3.8) is 0 Å². The largest absolute Gasteiger partial charge is 0.480 e. The van der Waals surface area contributed by atoms with Crippen LogP contribution in [0.5, 0.6) is 0 Å². The molecule has 0 atom stereocenters. The maximum atomic E-state index is 13.1. The average Bonchev–Trinajstić information content (AvgIpc) is 2.15. The van der Waals surface area contributed by atoms with Crippen LogP contribution in [0.3, 0.4) is 0 Å². The molecule has 1 rings (SSSR count). The number of rotatable bonds is 3. The van der Waals surface area contributed by atoms with Crippen molar-refractivity contribution in [1.82, 2.24) is 5.32 Å². The summed E-state index contributed by atoms with van der Waals surface area (Å²) in [6.45, 7) is 2.70. The molecular weight excluding hydrogens is 293 g/mol. The topological polar surface area (TPSA) is 66.4 Å². The molecule has 0 fully saturated rings. The molecule has 0 saturated carbocycles. The van der Waals surface area contributed by atoms with E-state index >= 15 is 0 Å². The summed E-state index contributed by atoms with van der Waals surface area (Å²) in [6, 6.07) is 3.66. The third-order valence-electron chi connectivity index (χ3n) is 2.09. The van der Waals surface area contributed by atoms with Crippen molar-refractivity contribution >= 4 is 27.8 Å². The van der Waals surface area contributed by atoms with Crippen LogP contribution in [0, 0.1) is 5.82 Å². The maximum Gasteiger partial charge on any atom is 0.328 e. The minimum absolute atomic E-state index is 0.0613.